The molecule has 2 fully saturated rings. The second-order valence-corrected chi connectivity index (χ2v) is 7.32. The van der Waals surface area contributed by atoms with Gasteiger partial charge in [0, 0.05) is 12.6 Å². The Morgan fingerprint density at radius 2 is 1.89 bits per heavy atom. The molecule has 1 saturated carbocycles. The maximum atomic E-state index is 12.9. The summed E-state index contributed by atoms with van der Waals surface area (Å²) in [6.45, 7) is 3.14. The van der Waals surface area contributed by atoms with Crippen molar-refractivity contribution in [1.29, 1.82) is 0 Å². The Hall–Kier alpha value is -2.32. The van der Waals surface area contributed by atoms with E-state index in [0.717, 1.165) is 31.2 Å². The minimum atomic E-state index is -0.301. The minimum Gasteiger partial charge on any atom is -0.370 e. The monoisotopic (exact) mass is 368 g/mol. The molecule has 1 aromatic carbocycles. The van der Waals surface area contributed by atoms with Gasteiger partial charge in [0.25, 0.3) is 5.91 Å². The maximum Gasteiger partial charge on any atom is 0.299 e. The van der Waals surface area contributed by atoms with Crippen LogP contribution in [0.1, 0.15) is 44.6 Å². The molecule has 0 radical (unpaired) electrons. The topological polar surface area (TPSA) is 49.9 Å². The zero-order valence-corrected chi connectivity index (χ0v) is 16.0. The van der Waals surface area contributed by atoms with Gasteiger partial charge < -0.3 is 14.5 Å². The average molecular weight is 368 g/mol. The summed E-state index contributed by atoms with van der Waals surface area (Å²) >= 11 is 0. The number of benzene rings is 1. The number of hydrogen-bond donors (Lipinski definition) is 0. The molecule has 5 heteroatoms. The molecule has 1 atom stereocenters. The van der Waals surface area contributed by atoms with Crippen molar-refractivity contribution in [3.63, 3.8) is 0 Å². The summed E-state index contributed by atoms with van der Waals surface area (Å²) in [6, 6.07) is 10.2. The van der Waals surface area contributed by atoms with Crippen LogP contribution in [0.15, 0.2) is 30.3 Å². The van der Waals surface area contributed by atoms with E-state index in [0.29, 0.717) is 19.7 Å². The van der Waals surface area contributed by atoms with Crippen LogP contribution in [0.4, 0.5) is 0 Å². The van der Waals surface area contributed by atoms with Crippen molar-refractivity contribution in [1.82, 2.24) is 9.80 Å². The van der Waals surface area contributed by atoms with E-state index in [1.807, 2.05) is 35.2 Å². The number of ether oxygens (including phenoxy) is 1. The van der Waals surface area contributed by atoms with E-state index >= 15 is 0 Å². The molecule has 1 saturated heterocycles. The highest BCUT2D eigenvalue weighted by atomic mass is 16.5. The second kappa shape index (κ2) is 9.57. The van der Waals surface area contributed by atoms with Crippen molar-refractivity contribution in [3.05, 3.63) is 35.9 Å². The SMILES string of the molecule is CC#CC(=O)N1CC(=O)N(C2CCCCC2)CC(OCc2ccccc2)C1. The number of carbonyl (C=O) groups excluding carboxylic acids is 2. The highest BCUT2D eigenvalue weighted by Gasteiger charge is 2.34. The Morgan fingerprint density at radius 3 is 2.59 bits per heavy atom. The molecule has 5 nitrogen and oxygen atoms in total. The fourth-order valence-corrected chi connectivity index (χ4v) is 3.92. The molecule has 144 valence electrons. The van der Waals surface area contributed by atoms with Gasteiger partial charge in [0.2, 0.25) is 5.91 Å². The predicted molar refractivity (Wildman–Crippen MR) is 104 cm³/mol. The van der Waals surface area contributed by atoms with Gasteiger partial charge in [-0.1, -0.05) is 55.5 Å². The summed E-state index contributed by atoms with van der Waals surface area (Å²) < 4.78 is 6.14. The lowest BCUT2D eigenvalue weighted by molar-refractivity contribution is -0.138. The van der Waals surface area contributed by atoms with Gasteiger partial charge in [0.05, 0.1) is 19.3 Å². The highest BCUT2D eigenvalue weighted by Crippen LogP contribution is 2.25. The van der Waals surface area contributed by atoms with E-state index in [-0.39, 0.29) is 30.5 Å². The third-order valence-electron chi connectivity index (χ3n) is 5.33. The van der Waals surface area contributed by atoms with Gasteiger partial charge in [-0.15, -0.1) is 0 Å². The van der Waals surface area contributed by atoms with Crippen molar-refractivity contribution in [2.24, 2.45) is 0 Å². The lowest BCUT2D eigenvalue weighted by Crippen LogP contribution is -2.45. The van der Waals surface area contributed by atoms with Crippen molar-refractivity contribution in [2.45, 2.75) is 57.8 Å². The Balaban J connectivity index is 1.73. The van der Waals surface area contributed by atoms with Crippen LogP contribution in [0.2, 0.25) is 0 Å². The summed E-state index contributed by atoms with van der Waals surface area (Å²) in [4.78, 5) is 28.7. The molecule has 1 aliphatic heterocycles. The first-order chi connectivity index (χ1) is 13.2. The molecule has 1 heterocycles. The quantitative estimate of drug-likeness (QED) is 0.768. The molecule has 0 spiro atoms. The molecule has 1 aliphatic carbocycles. The molecule has 2 amide bonds. The molecule has 0 N–H and O–H groups in total. The fourth-order valence-electron chi connectivity index (χ4n) is 3.92. The van der Waals surface area contributed by atoms with Crippen LogP contribution in [-0.2, 0) is 20.9 Å². The summed E-state index contributed by atoms with van der Waals surface area (Å²) in [7, 11) is 0. The normalized spacial score (nSPS) is 21.4. The van der Waals surface area contributed by atoms with Crippen LogP contribution in [0.3, 0.4) is 0 Å². The van der Waals surface area contributed by atoms with E-state index in [4.69, 9.17) is 4.74 Å². The number of rotatable bonds is 4. The van der Waals surface area contributed by atoms with Gasteiger partial charge in [0.15, 0.2) is 0 Å². The summed E-state index contributed by atoms with van der Waals surface area (Å²) in [5.41, 5.74) is 1.09. The number of amides is 2. The van der Waals surface area contributed by atoms with E-state index in [1.165, 1.54) is 11.3 Å². The van der Waals surface area contributed by atoms with Gasteiger partial charge in [-0.2, -0.15) is 0 Å². The van der Waals surface area contributed by atoms with Crippen LogP contribution in [-0.4, -0.2) is 53.4 Å². The van der Waals surface area contributed by atoms with Crippen LogP contribution in [0.5, 0.6) is 0 Å². The van der Waals surface area contributed by atoms with E-state index in [2.05, 4.69) is 11.8 Å². The first-order valence-corrected chi connectivity index (χ1v) is 9.84. The smallest absolute Gasteiger partial charge is 0.299 e. The molecule has 0 bridgehead atoms. The van der Waals surface area contributed by atoms with E-state index in [9.17, 15) is 9.59 Å². The van der Waals surface area contributed by atoms with Crippen LogP contribution >= 0.6 is 0 Å². The zero-order chi connectivity index (χ0) is 19.1. The van der Waals surface area contributed by atoms with Crippen molar-refractivity contribution in [3.8, 4) is 11.8 Å². The minimum absolute atomic E-state index is 0.0129. The first kappa shape index (κ1) is 19.4. The molecular formula is C22H28N2O3. The van der Waals surface area contributed by atoms with Gasteiger partial charge in [-0.3, -0.25) is 9.59 Å². The molecule has 27 heavy (non-hydrogen) atoms. The number of carbonyl (C=O) groups is 2. The standard InChI is InChI=1S/C22H28N2O3/c1-2-9-21(25)23-14-20(27-17-18-10-5-3-6-11-18)15-24(22(26)16-23)19-12-7-4-8-13-19/h3,5-6,10-11,19-20H,4,7-8,12-17H2,1H3. The molecule has 3 rings (SSSR count). The van der Waals surface area contributed by atoms with Crippen molar-refractivity contribution < 1.29 is 14.3 Å². The Labute approximate surface area is 161 Å². The van der Waals surface area contributed by atoms with Gasteiger partial charge >= 0.3 is 0 Å². The summed E-state index contributed by atoms with van der Waals surface area (Å²) in [6.07, 6.45) is 5.44. The Kier molecular flexibility index (Phi) is 6.89. The van der Waals surface area contributed by atoms with Crippen LogP contribution in [0.25, 0.3) is 0 Å². The third kappa shape index (κ3) is 5.33. The third-order valence-corrected chi connectivity index (χ3v) is 5.33. The highest BCUT2D eigenvalue weighted by molar-refractivity contribution is 5.96. The number of hydrogen-bond acceptors (Lipinski definition) is 3. The predicted octanol–water partition coefficient (Wildman–Crippen LogP) is 2.60. The summed E-state index contributed by atoms with van der Waals surface area (Å²) in [5, 5.41) is 0. The van der Waals surface area contributed by atoms with Gasteiger partial charge in [-0.05, 0) is 31.2 Å². The fraction of sp³-hybridized carbons (Fsp3) is 0.545. The average Bonchev–Trinajstić information content (AvgIpc) is 2.87. The number of nitrogens with zero attached hydrogens (tertiary/aromatic N) is 2. The molecule has 2 aliphatic rings. The van der Waals surface area contributed by atoms with E-state index in [1.54, 1.807) is 6.92 Å². The molecule has 1 unspecified atom stereocenters. The first-order valence-electron chi connectivity index (χ1n) is 9.84. The zero-order valence-electron chi connectivity index (χ0n) is 16.0. The van der Waals surface area contributed by atoms with Gasteiger partial charge in [0.1, 0.15) is 6.54 Å². The van der Waals surface area contributed by atoms with Crippen LogP contribution in [0, 0.1) is 11.8 Å². The van der Waals surface area contributed by atoms with Gasteiger partial charge in [-0.25, -0.2) is 0 Å². The molecular weight excluding hydrogens is 340 g/mol. The van der Waals surface area contributed by atoms with Crippen LogP contribution < -0.4 is 0 Å². The van der Waals surface area contributed by atoms with Crippen molar-refractivity contribution in [2.75, 3.05) is 19.6 Å². The Bertz CT molecular complexity index is 701. The molecule has 1 aromatic rings. The maximum absolute atomic E-state index is 12.9. The largest absolute Gasteiger partial charge is 0.370 e. The molecule has 0 aromatic heterocycles. The lowest BCUT2D eigenvalue weighted by Gasteiger charge is -2.34. The Morgan fingerprint density at radius 1 is 1.15 bits per heavy atom. The van der Waals surface area contributed by atoms with Crippen molar-refractivity contribution >= 4 is 11.8 Å². The van der Waals surface area contributed by atoms with E-state index < -0.39 is 0 Å². The summed E-state index contributed by atoms with van der Waals surface area (Å²) in [5.74, 6) is 4.92. The lowest BCUT2D eigenvalue weighted by atomic mass is 9.94. The second-order valence-electron chi connectivity index (χ2n) is 7.32.